The molecule has 0 amide bonds. The van der Waals surface area contributed by atoms with Crippen LogP contribution < -0.4 is 11.1 Å². The molecule has 100 valence electrons. The molecule has 5 heteroatoms. The van der Waals surface area contributed by atoms with Crippen LogP contribution in [0, 0.1) is 0 Å². The number of nitrogens with two attached hydrogens (primary N) is 1. The van der Waals surface area contributed by atoms with E-state index in [2.05, 4.69) is 10.3 Å². The Kier molecular flexibility index (Phi) is 3.38. The molecule has 1 aliphatic rings. The Morgan fingerprint density at radius 1 is 1.26 bits per heavy atom. The number of pyridine rings is 1. The summed E-state index contributed by atoms with van der Waals surface area (Å²) in [7, 11) is -0.628. The monoisotopic (exact) mass is 275 g/mol. The standard InChI is InChI=1S/C14H17N3OS/c15-14-11-2-1-7-16-12(11)3-4-13(14)17-10-5-8-19(18)9-6-10/h1-4,7,10,17H,5-6,8-9,15H2. The zero-order valence-corrected chi connectivity index (χ0v) is 11.5. The number of anilines is 2. The summed E-state index contributed by atoms with van der Waals surface area (Å²) >= 11 is 0. The van der Waals surface area contributed by atoms with Crippen LogP contribution in [0.25, 0.3) is 10.9 Å². The fourth-order valence-corrected chi connectivity index (χ4v) is 3.76. The quantitative estimate of drug-likeness (QED) is 0.824. The number of hydrogen-bond acceptors (Lipinski definition) is 4. The number of fused-ring (bicyclic) bond motifs is 1. The first-order chi connectivity index (χ1) is 9.24. The van der Waals surface area contributed by atoms with Crippen molar-refractivity contribution in [2.75, 3.05) is 22.6 Å². The number of benzene rings is 1. The highest BCUT2D eigenvalue weighted by Crippen LogP contribution is 2.29. The Balaban J connectivity index is 1.85. The van der Waals surface area contributed by atoms with Gasteiger partial charge in [0, 0.05) is 39.9 Å². The highest BCUT2D eigenvalue weighted by molar-refractivity contribution is 7.85. The Morgan fingerprint density at radius 2 is 2.05 bits per heavy atom. The second-order valence-corrected chi connectivity index (χ2v) is 6.56. The highest BCUT2D eigenvalue weighted by Gasteiger charge is 2.18. The summed E-state index contributed by atoms with van der Waals surface area (Å²) in [6.45, 7) is 0. The van der Waals surface area contributed by atoms with Gasteiger partial charge in [0.05, 0.1) is 16.9 Å². The van der Waals surface area contributed by atoms with Gasteiger partial charge in [-0.3, -0.25) is 9.19 Å². The van der Waals surface area contributed by atoms with E-state index < -0.39 is 10.8 Å². The van der Waals surface area contributed by atoms with Crippen molar-refractivity contribution in [2.24, 2.45) is 0 Å². The lowest BCUT2D eigenvalue weighted by atomic mass is 10.1. The molecule has 0 saturated carbocycles. The molecule has 0 aliphatic carbocycles. The zero-order chi connectivity index (χ0) is 13.2. The molecule has 4 nitrogen and oxygen atoms in total. The number of nitrogens with zero attached hydrogens (tertiary/aromatic N) is 1. The van der Waals surface area contributed by atoms with E-state index in [1.54, 1.807) is 6.20 Å². The van der Waals surface area contributed by atoms with Gasteiger partial charge in [0.1, 0.15) is 0 Å². The molecule has 0 radical (unpaired) electrons. The molecule has 0 bridgehead atoms. The van der Waals surface area contributed by atoms with Crippen LogP contribution in [0.2, 0.25) is 0 Å². The average molecular weight is 275 g/mol. The summed E-state index contributed by atoms with van der Waals surface area (Å²) < 4.78 is 11.4. The van der Waals surface area contributed by atoms with Gasteiger partial charge in [-0.25, -0.2) is 0 Å². The molecule has 3 rings (SSSR count). The second kappa shape index (κ2) is 5.17. The average Bonchev–Trinajstić information content (AvgIpc) is 2.45. The van der Waals surface area contributed by atoms with E-state index in [1.165, 1.54) is 0 Å². The van der Waals surface area contributed by atoms with Crippen molar-refractivity contribution >= 4 is 33.1 Å². The molecule has 1 fully saturated rings. The first-order valence-corrected chi connectivity index (χ1v) is 7.97. The van der Waals surface area contributed by atoms with Gasteiger partial charge in [-0.15, -0.1) is 0 Å². The summed E-state index contributed by atoms with van der Waals surface area (Å²) in [6, 6.07) is 8.21. The van der Waals surface area contributed by atoms with Crippen molar-refractivity contribution in [1.29, 1.82) is 0 Å². The van der Waals surface area contributed by atoms with Crippen LogP contribution in [-0.4, -0.2) is 26.7 Å². The first-order valence-electron chi connectivity index (χ1n) is 6.49. The molecule has 2 aromatic rings. The molecule has 2 heterocycles. The van der Waals surface area contributed by atoms with Gasteiger partial charge in [-0.1, -0.05) is 0 Å². The van der Waals surface area contributed by atoms with E-state index in [4.69, 9.17) is 5.73 Å². The highest BCUT2D eigenvalue weighted by atomic mass is 32.2. The van der Waals surface area contributed by atoms with Crippen LogP contribution in [0.1, 0.15) is 12.8 Å². The summed E-state index contributed by atoms with van der Waals surface area (Å²) in [6.07, 6.45) is 3.65. The second-order valence-electron chi connectivity index (χ2n) is 4.86. The van der Waals surface area contributed by atoms with E-state index in [0.29, 0.717) is 6.04 Å². The summed E-state index contributed by atoms with van der Waals surface area (Å²) in [5.74, 6) is 1.57. The molecule has 1 aliphatic heterocycles. The number of rotatable bonds is 2. The molecular weight excluding hydrogens is 258 g/mol. The molecular formula is C14H17N3OS. The van der Waals surface area contributed by atoms with Gasteiger partial charge in [0.15, 0.2) is 0 Å². The van der Waals surface area contributed by atoms with E-state index in [0.717, 1.165) is 46.6 Å². The predicted molar refractivity (Wildman–Crippen MR) is 80.7 cm³/mol. The maximum Gasteiger partial charge on any atom is 0.0724 e. The maximum atomic E-state index is 11.4. The fraction of sp³-hybridized carbons (Fsp3) is 0.357. The topological polar surface area (TPSA) is 68.0 Å². The van der Waals surface area contributed by atoms with E-state index in [9.17, 15) is 4.21 Å². The summed E-state index contributed by atoms with van der Waals surface area (Å²) in [5, 5.41) is 4.45. The molecule has 0 spiro atoms. The molecule has 1 saturated heterocycles. The van der Waals surface area contributed by atoms with Crippen LogP contribution in [0.5, 0.6) is 0 Å². The van der Waals surface area contributed by atoms with Gasteiger partial charge in [0.25, 0.3) is 0 Å². The molecule has 0 atom stereocenters. The normalized spacial score (nSPS) is 23.4. The van der Waals surface area contributed by atoms with Gasteiger partial charge in [-0.2, -0.15) is 0 Å². The van der Waals surface area contributed by atoms with Crippen molar-refractivity contribution in [2.45, 2.75) is 18.9 Å². The number of aromatic nitrogens is 1. The minimum atomic E-state index is -0.628. The van der Waals surface area contributed by atoms with Crippen molar-refractivity contribution in [3.63, 3.8) is 0 Å². The third-order valence-corrected chi connectivity index (χ3v) is 4.96. The largest absolute Gasteiger partial charge is 0.397 e. The van der Waals surface area contributed by atoms with Crippen LogP contribution in [0.3, 0.4) is 0 Å². The van der Waals surface area contributed by atoms with Crippen molar-refractivity contribution in [1.82, 2.24) is 4.98 Å². The maximum absolute atomic E-state index is 11.4. The zero-order valence-electron chi connectivity index (χ0n) is 10.6. The smallest absolute Gasteiger partial charge is 0.0724 e. The molecule has 1 aromatic heterocycles. The fourth-order valence-electron chi connectivity index (χ4n) is 2.46. The summed E-state index contributed by atoms with van der Waals surface area (Å²) in [4.78, 5) is 4.29. The SMILES string of the molecule is Nc1c(NC2CCS(=O)CC2)ccc2ncccc12. The van der Waals surface area contributed by atoms with Gasteiger partial charge in [-0.05, 0) is 37.1 Å². The Morgan fingerprint density at radius 3 is 2.84 bits per heavy atom. The van der Waals surface area contributed by atoms with Crippen LogP contribution >= 0.6 is 0 Å². The number of nitrogens with one attached hydrogen (secondary N) is 1. The van der Waals surface area contributed by atoms with Crippen LogP contribution in [0.4, 0.5) is 11.4 Å². The van der Waals surface area contributed by atoms with E-state index in [1.807, 2.05) is 24.3 Å². The number of hydrogen-bond donors (Lipinski definition) is 2. The minimum absolute atomic E-state index is 0.370. The van der Waals surface area contributed by atoms with E-state index in [-0.39, 0.29) is 0 Å². The summed E-state index contributed by atoms with van der Waals surface area (Å²) in [5.41, 5.74) is 8.82. The third-order valence-electron chi connectivity index (χ3n) is 3.57. The van der Waals surface area contributed by atoms with Gasteiger partial charge < -0.3 is 11.1 Å². The third kappa shape index (κ3) is 2.56. The van der Waals surface area contributed by atoms with Crippen molar-refractivity contribution < 1.29 is 4.21 Å². The minimum Gasteiger partial charge on any atom is -0.397 e. The van der Waals surface area contributed by atoms with Gasteiger partial charge >= 0.3 is 0 Å². The molecule has 0 unspecified atom stereocenters. The number of nitrogen functional groups attached to an aromatic ring is 1. The lowest BCUT2D eigenvalue weighted by Gasteiger charge is -2.24. The Labute approximate surface area is 114 Å². The van der Waals surface area contributed by atoms with Crippen molar-refractivity contribution in [3.8, 4) is 0 Å². The Bertz CT molecular complexity index is 619. The van der Waals surface area contributed by atoms with Crippen LogP contribution in [0.15, 0.2) is 30.5 Å². The Hall–Kier alpha value is -1.62. The lowest BCUT2D eigenvalue weighted by molar-refractivity contribution is 0.624. The van der Waals surface area contributed by atoms with Crippen molar-refractivity contribution in [3.05, 3.63) is 30.5 Å². The molecule has 19 heavy (non-hydrogen) atoms. The first kappa shape index (κ1) is 12.4. The molecule has 3 N–H and O–H groups in total. The lowest BCUT2D eigenvalue weighted by Crippen LogP contribution is -2.29. The molecule has 1 aromatic carbocycles. The predicted octanol–water partition coefficient (Wildman–Crippen LogP) is 2.14. The van der Waals surface area contributed by atoms with E-state index >= 15 is 0 Å². The van der Waals surface area contributed by atoms with Gasteiger partial charge in [0.2, 0.25) is 0 Å². The van der Waals surface area contributed by atoms with Crippen LogP contribution in [-0.2, 0) is 10.8 Å².